The van der Waals surface area contributed by atoms with Gasteiger partial charge in [-0.15, -0.1) is 11.3 Å². The van der Waals surface area contributed by atoms with Crippen LogP contribution in [0.25, 0.3) is 11.3 Å². The zero-order chi connectivity index (χ0) is 20.1. The quantitative estimate of drug-likeness (QED) is 0.430. The van der Waals surface area contributed by atoms with Crippen LogP contribution in [-0.4, -0.2) is 27.9 Å². The molecule has 1 unspecified atom stereocenters. The van der Waals surface area contributed by atoms with Crippen molar-refractivity contribution in [2.75, 3.05) is 5.32 Å². The number of hydrogen-bond acceptors (Lipinski definition) is 6. The van der Waals surface area contributed by atoms with E-state index in [-0.39, 0.29) is 10.7 Å². The molecular weight excluding hydrogens is 421 g/mol. The monoisotopic (exact) mass is 435 g/mol. The van der Waals surface area contributed by atoms with Gasteiger partial charge in [-0.2, -0.15) is 0 Å². The number of hydrogen-bond donors (Lipinski definition) is 1. The summed E-state index contributed by atoms with van der Waals surface area (Å²) in [5.41, 5.74) is 1.83. The van der Waals surface area contributed by atoms with Crippen molar-refractivity contribution >= 4 is 51.5 Å². The molecule has 0 aliphatic rings. The lowest BCUT2D eigenvalue weighted by atomic mass is 10.2. The average Bonchev–Trinajstić information content (AvgIpc) is 3.14. The van der Waals surface area contributed by atoms with Crippen LogP contribution in [0.2, 0.25) is 10.2 Å². The normalized spacial score (nSPS) is 11.7. The lowest BCUT2D eigenvalue weighted by Gasteiger charge is -2.15. The number of carbonyl (C=O) groups is 2. The molecule has 9 heteroatoms. The van der Waals surface area contributed by atoms with Gasteiger partial charge >= 0.3 is 5.97 Å². The summed E-state index contributed by atoms with van der Waals surface area (Å²) in [6.45, 7) is 1.75. The molecule has 0 bridgehead atoms. The highest BCUT2D eigenvalue weighted by Crippen LogP contribution is 2.26. The first-order valence-electron chi connectivity index (χ1n) is 8.31. The number of rotatable bonds is 6. The molecule has 0 saturated heterocycles. The summed E-state index contributed by atoms with van der Waals surface area (Å²) in [5.74, 6) is -1.10. The highest BCUT2D eigenvalue weighted by molar-refractivity contribution is 7.14. The van der Waals surface area contributed by atoms with Crippen molar-refractivity contribution in [3.8, 4) is 11.3 Å². The topological polar surface area (TPSA) is 81.2 Å². The highest BCUT2D eigenvalue weighted by atomic mass is 35.5. The molecule has 28 heavy (non-hydrogen) atoms. The van der Waals surface area contributed by atoms with Crippen LogP contribution in [0.15, 0.2) is 48.0 Å². The Morgan fingerprint density at radius 1 is 1.21 bits per heavy atom. The first-order chi connectivity index (χ1) is 13.5. The molecule has 6 nitrogen and oxygen atoms in total. The number of pyridine rings is 1. The van der Waals surface area contributed by atoms with E-state index >= 15 is 0 Å². The van der Waals surface area contributed by atoms with Crippen LogP contribution in [-0.2, 0) is 9.53 Å². The fourth-order valence-electron chi connectivity index (χ4n) is 2.32. The molecule has 2 aromatic heterocycles. The number of nitrogens with zero attached hydrogens (tertiary/aromatic N) is 2. The molecule has 0 fully saturated rings. The maximum Gasteiger partial charge on any atom is 0.339 e. The summed E-state index contributed by atoms with van der Waals surface area (Å²) in [6, 6.07) is 10.1. The van der Waals surface area contributed by atoms with Gasteiger partial charge in [-0.1, -0.05) is 42.3 Å². The van der Waals surface area contributed by atoms with Crippen molar-refractivity contribution < 1.29 is 14.3 Å². The minimum Gasteiger partial charge on any atom is -0.449 e. The van der Waals surface area contributed by atoms with Gasteiger partial charge in [0.1, 0.15) is 5.15 Å². The second kappa shape index (κ2) is 9.14. The SMILES string of the molecule is CCC(OC(=O)c1ccnc(Cl)c1)C(=O)Nc1nc(-c2ccc(Cl)cc2)cs1. The number of amides is 1. The van der Waals surface area contributed by atoms with E-state index in [4.69, 9.17) is 27.9 Å². The lowest BCUT2D eigenvalue weighted by molar-refractivity contribution is -0.124. The Hall–Kier alpha value is -2.48. The number of anilines is 1. The van der Waals surface area contributed by atoms with Crippen molar-refractivity contribution in [2.24, 2.45) is 0 Å². The zero-order valence-corrected chi connectivity index (χ0v) is 17.0. The number of carbonyl (C=O) groups excluding carboxylic acids is 2. The van der Waals surface area contributed by atoms with Gasteiger partial charge < -0.3 is 4.74 Å². The molecule has 144 valence electrons. The van der Waals surface area contributed by atoms with Crippen LogP contribution in [0.4, 0.5) is 5.13 Å². The summed E-state index contributed by atoms with van der Waals surface area (Å²) >= 11 is 12.9. The Kier molecular flexibility index (Phi) is 6.61. The van der Waals surface area contributed by atoms with E-state index in [2.05, 4.69) is 15.3 Å². The van der Waals surface area contributed by atoms with E-state index in [1.165, 1.54) is 29.7 Å². The molecule has 2 heterocycles. The van der Waals surface area contributed by atoms with Gasteiger partial charge in [0.25, 0.3) is 5.91 Å². The van der Waals surface area contributed by atoms with E-state index in [0.717, 1.165) is 5.56 Å². The van der Waals surface area contributed by atoms with Gasteiger partial charge in [-0.3, -0.25) is 10.1 Å². The average molecular weight is 436 g/mol. The Morgan fingerprint density at radius 2 is 1.96 bits per heavy atom. The van der Waals surface area contributed by atoms with Crippen LogP contribution in [0.1, 0.15) is 23.7 Å². The van der Waals surface area contributed by atoms with Gasteiger partial charge in [0, 0.05) is 22.2 Å². The van der Waals surface area contributed by atoms with E-state index in [1.54, 1.807) is 19.1 Å². The largest absolute Gasteiger partial charge is 0.449 e. The number of aromatic nitrogens is 2. The summed E-state index contributed by atoms with van der Waals surface area (Å²) in [6.07, 6.45) is 0.752. The van der Waals surface area contributed by atoms with Crippen molar-refractivity contribution in [2.45, 2.75) is 19.4 Å². The maximum absolute atomic E-state index is 12.5. The Bertz CT molecular complexity index is 992. The minimum atomic E-state index is -0.956. The molecule has 3 rings (SSSR count). The van der Waals surface area contributed by atoms with Gasteiger partial charge in [-0.05, 0) is 30.7 Å². The van der Waals surface area contributed by atoms with Gasteiger partial charge in [0.15, 0.2) is 11.2 Å². The molecule has 0 radical (unpaired) electrons. The van der Waals surface area contributed by atoms with E-state index < -0.39 is 18.0 Å². The van der Waals surface area contributed by atoms with Crippen molar-refractivity contribution in [1.29, 1.82) is 0 Å². The lowest BCUT2D eigenvalue weighted by Crippen LogP contribution is -2.32. The smallest absolute Gasteiger partial charge is 0.339 e. The van der Waals surface area contributed by atoms with Crippen LogP contribution in [0.3, 0.4) is 0 Å². The van der Waals surface area contributed by atoms with Crippen LogP contribution in [0, 0.1) is 0 Å². The van der Waals surface area contributed by atoms with Crippen LogP contribution in [0.5, 0.6) is 0 Å². The van der Waals surface area contributed by atoms with Gasteiger partial charge in [-0.25, -0.2) is 14.8 Å². The summed E-state index contributed by atoms with van der Waals surface area (Å²) in [4.78, 5) is 32.9. The Balaban J connectivity index is 1.65. The number of nitrogens with one attached hydrogen (secondary N) is 1. The van der Waals surface area contributed by atoms with E-state index in [9.17, 15) is 9.59 Å². The molecule has 3 aromatic rings. The molecular formula is C19H15Cl2N3O3S. The summed E-state index contributed by atoms with van der Waals surface area (Å²) in [7, 11) is 0. The number of halogens is 2. The standard InChI is InChI=1S/C19H15Cl2N3O3S/c1-2-15(27-18(26)12-7-8-22-16(21)9-12)17(25)24-19-23-14(10-28-19)11-3-5-13(20)6-4-11/h3-10,15H,2H2,1H3,(H,23,24,25). The predicted molar refractivity (Wildman–Crippen MR) is 110 cm³/mol. The van der Waals surface area contributed by atoms with Crippen LogP contribution >= 0.6 is 34.5 Å². The van der Waals surface area contributed by atoms with Gasteiger partial charge in [0.2, 0.25) is 0 Å². The molecule has 0 spiro atoms. The number of thiazole rings is 1. The van der Waals surface area contributed by atoms with Crippen molar-refractivity contribution in [3.63, 3.8) is 0 Å². The zero-order valence-electron chi connectivity index (χ0n) is 14.7. The summed E-state index contributed by atoms with van der Waals surface area (Å²) in [5, 5.41) is 5.73. The van der Waals surface area contributed by atoms with Crippen molar-refractivity contribution in [1.82, 2.24) is 9.97 Å². The molecule has 1 atom stereocenters. The molecule has 1 amide bonds. The molecule has 0 aliphatic heterocycles. The first-order valence-corrected chi connectivity index (χ1v) is 9.94. The maximum atomic E-state index is 12.5. The first kappa shape index (κ1) is 20.3. The molecule has 0 aliphatic carbocycles. The molecule has 0 saturated carbocycles. The Labute approximate surface area is 175 Å². The number of esters is 1. The number of ether oxygens (including phenoxy) is 1. The molecule has 1 aromatic carbocycles. The molecule has 1 N–H and O–H groups in total. The van der Waals surface area contributed by atoms with E-state index in [0.29, 0.717) is 22.3 Å². The third-order valence-electron chi connectivity index (χ3n) is 3.75. The second-order valence-corrected chi connectivity index (χ2v) is 7.39. The van der Waals surface area contributed by atoms with Crippen molar-refractivity contribution in [3.05, 3.63) is 63.7 Å². The second-order valence-electron chi connectivity index (χ2n) is 5.70. The third kappa shape index (κ3) is 5.07. The minimum absolute atomic E-state index is 0.171. The number of benzene rings is 1. The van der Waals surface area contributed by atoms with E-state index in [1.807, 2.05) is 17.5 Å². The Morgan fingerprint density at radius 3 is 2.64 bits per heavy atom. The highest BCUT2D eigenvalue weighted by Gasteiger charge is 2.23. The van der Waals surface area contributed by atoms with Crippen LogP contribution < -0.4 is 5.32 Å². The fourth-order valence-corrected chi connectivity index (χ4v) is 3.34. The predicted octanol–water partition coefficient (Wildman–Crippen LogP) is 5.09. The summed E-state index contributed by atoms with van der Waals surface area (Å²) < 4.78 is 5.30. The fraction of sp³-hybridized carbons (Fsp3) is 0.158. The van der Waals surface area contributed by atoms with Gasteiger partial charge in [0.05, 0.1) is 11.3 Å². The third-order valence-corrected chi connectivity index (χ3v) is 4.97.